The Kier molecular flexibility index (Phi) is 12.6. The van der Waals surface area contributed by atoms with Crippen molar-refractivity contribution in [2.75, 3.05) is 6.61 Å². The Bertz CT molecular complexity index is 1040. The minimum absolute atomic E-state index is 0.0141. The summed E-state index contributed by atoms with van der Waals surface area (Å²) in [6, 6.07) is 4.44. The van der Waals surface area contributed by atoms with Crippen LogP contribution in [0.15, 0.2) is 18.2 Å². The molecule has 0 heterocycles. The van der Waals surface area contributed by atoms with E-state index in [0.29, 0.717) is 17.9 Å². The van der Waals surface area contributed by atoms with Crippen molar-refractivity contribution in [2.24, 2.45) is 22.5 Å². The van der Waals surface area contributed by atoms with E-state index in [-0.39, 0.29) is 54.6 Å². The summed E-state index contributed by atoms with van der Waals surface area (Å²) >= 11 is 0. The first-order valence-corrected chi connectivity index (χ1v) is 13.6. The second-order valence-corrected chi connectivity index (χ2v) is 13.3. The van der Waals surface area contributed by atoms with E-state index in [1.165, 1.54) is 19.1 Å². The number of nitrogens with two attached hydrogens (primary N) is 1. The zero-order chi connectivity index (χ0) is 30.9. The first-order chi connectivity index (χ1) is 18.2. The van der Waals surface area contributed by atoms with Crippen molar-refractivity contribution in [3.8, 4) is 11.5 Å². The molecule has 0 bridgehead atoms. The van der Waals surface area contributed by atoms with Crippen molar-refractivity contribution in [2.45, 2.75) is 106 Å². The summed E-state index contributed by atoms with van der Waals surface area (Å²) in [4.78, 5) is 49.3. The molecule has 226 valence electrons. The summed E-state index contributed by atoms with van der Waals surface area (Å²) in [6.45, 7) is 17.0. The van der Waals surface area contributed by atoms with Gasteiger partial charge in [0, 0.05) is 12.8 Å². The summed E-state index contributed by atoms with van der Waals surface area (Å²) in [6.07, 6.45) is -1.23. The maximum absolute atomic E-state index is 12.6. The monoisotopic (exact) mass is 565 g/mol. The van der Waals surface area contributed by atoms with Crippen LogP contribution in [-0.4, -0.2) is 47.4 Å². The fraction of sp³-hybridized carbons (Fsp3) is 0.667. The van der Waals surface area contributed by atoms with E-state index >= 15 is 0 Å². The van der Waals surface area contributed by atoms with E-state index in [1.807, 2.05) is 55.4 Å². The van der Waals surface area contributed by atoms with Gasteiger partial charge in [0.15, 0.2) is 11.5 Å². The molecule has 0 spiro atoms. The number of carboxylic acid groups (broad SMARTS) is 1. The van der Waals surface area contributed by atoms with Crippen molar-refractivity contribution in [3.05, 3.63) is 23.8 Å². The van der Waals surface area contributed by atoms with E-state index in [4.69, 9.17) is 24.7 Å². The lowest BCUT2D eigenvalue weighted by Crippen LogP contribution is -2.52. The van der Waals surface area contributed by atoms with Gasteiger partial charge in [-0.2, -0.15) is 0 Å². The Morgan fingerprint density at radius 3 is 1.88 bits per heavy atom. The maximum atomic E-state index is 12.6. The zero-order valence-electron chi connectivity index (χ0n) is 25.4. The third kappa shape index (κ3) is 13.8. The average molecular weight is 566 g/mol. The van der Waals surface area contributed by atoms with E-state index in [2.05, 4.69) is 0 Å². The molecule has 1 rings (SSSR count). The lowest BCUT2D eigenvalue weighted by atomic mass is 9.86. The van der Waals surface area contributed by atoms with Crippen LogP contribution >= 0.6 is 0 Å². The highest BCUT2D eigenvalue weighted by Crippen LogP contribution is 2.33. The smallest absolute Gasteiger partial charge is 0.480 e. The molecule has 0 aliphatic carbocycles. The lowest BCUT2D eigenvalue weighted by molar-refractivity contribution is -0.144. The Morgan fingerprint density at radius 1 is 0.875 bits per heavy atom. The van der Waals surface area contributed by atoms with Gasteiger partial charge >= 0.3 is 24.1 Å². The van der Waals surface area contributed by atoms with Gasteiger partial charge < -0.3 is 29.8 Å². The quantitative estimate of drug-likeness (QED) is 0.226. The number of carboxylic acids is 1. The van der Waals surface area contributed by atoms with Gasteiger partial charge in [-0.25, -0.2) is 4.79 Å². The van der Waals surface area contributed by atoms with Crippen LogP contribution in [0.1, 0.15) is 93.6 Å². The van der Waals surface area contributed by atoms with E-state index in [1.54, 1.807) is 6.07 Å². The number of carbonyl (C=O) groups is 4. The lowest BCUT2D eigenvalue weighted by Gasteiger charge is -2.28. The zero-order valence-corrected chi connectivity index (χ0v) is 25.4. The average Bonchev–Trinajstić information content (AvgIpc) is 2.72. The molecular formula is C30H47NO9. The molecule has 2 atom stereocenters. The van der Waals surface area contributed by atoms with Crippen molar-refractivity contribution < 1.29 is 43.2 Å². The van der Waals surface area contributed by atoms with Crippen LogP contribution in [0.25, 0.3) is 0 Å². The summed E-state index contributed by atoms with van der Waals surface area (Å²) in [5.41, 5.74) is 4.22. The number of rotatable bonds is 13. The number of aliphatic carboxylic acids is 1. The van der Waals surface area contributed by atoms with Crippen LogP contribution in [0.3, 0.4) is 0 Å². The summed E-state index contributed by atoms with van der Waals surface area (Å²) in [5.74, 6) is -1.96. The Labute approximate surface area is 237 Å². The molecule has 1 aromatic carbocycles. The molecule has 0 amide bonds. The molecule has 0 saturated heterocycles. The molecule has 3 N–H and O–H groups in total. The van der Waals surface area contributed by atoms with Gasteiger partial charge in [0.1, 0.15) is 11.6 Å². The second kappa shape index (κ2) is 14.5. The normalized spacial score (nSPS) is 14.2. The molecule has 0 saturated carbocycles. The second-order valence-electron chi connectivity index (χ2n) is 13.3. The van der Waals surface area contributed by atoms with Crippen molar-refractivity contribution >= 4 is 24.1 Å². The fourth-order valence-corrected chi connectivity index (χ4v) is 3.74. The van der Waals surface area contributed by atoms with Crippen molar-refractivity contribution in [1.29, 1.82) is 0 Å². The molecule has 0 fully saturated rings. The van der Waals surface area contributed by atoms with Crippen molar-refractivity contribution in [3.63, 3.8) is 0 Å². The van der Waals surface area contributed by atoms with Crippen molar-refractivity contribution in [1.82, 2.24) is 0 Å². The molecule has 0 aliphatic heterocycles. The topological polar surface area (TPSA) is 151 Å². The van der Waals surface area contributed by atoms with Crippen LogP contribution in [0.5, 0.6) is 11.5 Å². The number of ether oxygens (including phenoxy) is 4. The number of benzene rings is 1. The van der Waals surface area contributed by atoms with Crippen LogP contribution in [-0.2, 0) is 30.3 Å². The van der Waals surface area contributed by atoms with Crippen LogP contribution < -0.4 is 15.2 Å². The van der Waals surface area contributed by atoms with E-state index in [9.17, 15) is 24.3 Å². The van der Waals surface area contributed by atoms with Gasteiger partial charge in [0.25, 0.3) is 0 Å². The summed E-state index contributed by atoms with van der Waals surface area (Å²) in [7, 11) is 0. The molecule has 1 unspecified atom stereocenters. The Balaban J connectivity index is 3.16. The predicted molar refractivity (Wildman–Crippen MR) is 150 cm³/mol. The molecule has 0 radical (unpaired) electrons. The number of hydrogen-bond acceptors (Lipinski definition) is 9. The van der Waals surface area contributed by atoms with Gasteiger partial charge in [0.05, 0.1) is 19.4 Å². The third-order valence-corrected chi connectivity index (χ3v) is 5.61. The van der Waals surface area contributed by atoms with Gasteiger partial charge in [-0.1, -0.05) is 61.5 Å². The standard InChI is InChI=1S/C30H47NO9/c1-19(2)12-13-37-27(36)38-20(3)15-30(31,26(34)35)16-21-10-11-22(39-24(32)17-28(4,5)6)23(14-21)40-25(33)18-29(7,8)9/h10-11,14,19-20H,12-13,15-18,31H2,1-9H3,(H,34,35)/t20-,30?/m0/s1. The fourth-order valence-electron chi connectivity index (χ4n) is 3.74. The van der Waals surface area contributed by atoms with Crippen LogP contribution in [0, 0.1) is 16.7 Å². The molecule has 40 heavy (non-hydrogen) atoms. The molecule has 0 aromatic heterocycles. The van der Waals surface area contributed by atoms with E-state index in [0.717, 1.165) is 0 Å². The van der Waals surface area contributed by atoms with Crippen LogP contribution in [0.4, 0.5) is 4.79 Å². The van der Waals surface area contributed by atoms with Gasteiger partial charge in [-0.05, 0) is 47.8 Å². The SMILES string of the molecule is CC(C)CCOC(=O)O[C@@H](C)CC(N)(Cc1ccc(OC(=O)CC(C)(C)C)c(OC(=O)CC(C)(C)C)c1)C(=O)O. The molecule has 0 aliphatic rings. The molecule has 10 heteroatoms. The van der Waals surface area contributed by atoms with E-state index < -0.39 is 35.7 Å². The van der Waals surface area contributed by atoms with Crippen LogP contribution in [0.2, 0.25) is 0 Å². The number of esters is 2. The van der Waals surface area contributed by atoms with Gasteiger partial charge in [-0.15, -0.1) is 0 Å². The third-order valence-electron chi connectivity index (χ3n) is 5.61. The summed E-state index contributed by atoms with van der Waals surface area (Å²) in [5, 5.41) is 9.95. The maximum Gasteiger partial charge on any atom is 0.508 e. The predicted octanol–water partition coefficient (Wildman–Crippen LogP) is 5.67. The van der Waals surface area contributed by atoms with Gasteiger partial charge in [0.2, 0.25) is 0 Å². The Morgan fingerprint density at radius 2 is 1.40 bits per heavy atom. The molecule has 1 aromatic rings. The number of hydrogen-bond donors (Lipinski definition) is 2. The minimum atomic E-state index is -1.82. The summed E-state index contributed by atoms with van der Waals surface area (Å²) < 4.78 is 21.3. The molecule has 10 nitrogen and oxygen atoms in total. The largest absolute Gasteiger partial charge is 0.508 e. The highest BCUT2D eigenvalue weighted by atomic mass is 16.7. The highest BCUT2D eigenvalue weighted by Gasteiger charge is 2.37. The molecular weight excluding hydrogens is 518 g/mol. The number of carbonyl (C=O) groups excluding carboxylic acids is 3. The first-order valence-electron chi connectivity index (χ1n) is 13.6. The Hall–Kier alpha value is -3.14. The van der Waals surface area contributed by atoms with Gasteiger partial charge in [-0.3, -0.25) is 14.4 Å². The highest BCUT2D eigenvalue weighted by molar-refractivity contribution is 5.80. The first kappa shape index (κ1) is 34.9. The minimum Gasteiger partial charge on any atom is -0.480 e.